The number of nitrogens with zero attached hydrogens (tertiary/aromatic N) is 1. The number of benzene rings is 2. The second-order valence-electron chi connectivity index (χ2n) is 5.17. The van der Waals surface area contributed by atoms with E-state index in [2.05, 4.69) is 10.1 Å². The van der Waals surface area contributed by atoms with Crippen LogP contribution in [0.5, 0.6) is 0 Å². The molecule has 0 unspecified atom stereocenters. The Morgan fingerprint density at radius 1 is 1.12 bits per heavy atom. The van der Waals surface area contributed by atoms with Crippen molar-refractivity contribution < 1.29 is 23.5 Å². The van der Waals surface area contributed by atoms with Gasteiger partial charge in [0.05, 0.1) is 24.0 Å². The van der Waals surface area contributed by atoms with Crippen LogP contribution in [0.25, 0.3) is 0 Å². The molecule has 0 radical (unpaired) electrons. The molecule has 0 fully saturated rings. The van der Waals surface area contributed by atoms with Crippen molar-refractivity contribution in [3.05, 3.63) is 59.4 Å². The highest BCUT2D eigenvalue weighted by atomic mass is 19.1. The number of fused-ring (bicyclic) bond motifs is 1. The van der Waals surface area contributed by atoms with Gasteiger partial charge in [0, 0.05) is 5.56 Å². The highest BCUT2D eigenvalue weighted by Crippen LogP contribution is 2.31. The average molecular weight is 328 g/mol. The molecule has 0 aromatic heterocycles. The minimum absolute atomic E-state index is 0.166. The maximum Gasteiger partial charge on any atom is 0.337 e. The lowest BCUT2D eigenvalue weighted by Crippen LogP contribution is -2.42. The molecule has 7 heteroatoms. The van der Waals surface area contributed by atoms with Gasteiger partial charge in [-0.2, -0.15) is 0 Å². The first-order valence-electron chi connectivity index (χ1n) is 7.09. The van der Waals surface area contributed by atoms with Crippen molar-refractivity contribution >= 4 is 29.2 Å². The molecule has 0 spiro atoms. The van der Waals surface area contributed by atoms with Crippen LogP contribution >= 0.6 is 0 Å². The molecule has 0 atom stereocenters. The van der Waals surface area contributed by atoms with Crippen LogP contribution in [0, 0.1) is 5.82 Å². The zero-order chi connectivity index (χ0) is 17.3. The van der Waals surface area contributed by atoms with Crippen LogP contribution in [-0.2, 0) is 9.53 Å². The summed E-state index contributed by atoms with van der Waals surface area (Å²) >= 11 is 0. The summed E-state index contributed by atoms with van der Waals surface area (Å²) in [6.07, 6.45) is 0. The molecule has 6 nitrogen and oxygen atoms in total. The Balaban J connectivity index is 1.99. The number of methoxy groups -OCH3 is 1. The van der Waals surface area contributed by atoms with Crippen molar-refractivity contribution in [1.82, 2.24) is 0 Å². The topological polar surface area (TPSA) is 75.7 Å². The first kappa shape index (κ1) is 15.7. The van der Waals surface area contributed by atoms with E-state index >= 15 is 0 Å². The highest BCUT2D eigenvalue weighted by molar-refractivity contribution is 6.15. The van der Waals surface area contributed by atoms with E-state index in [1.54, 1.807) is 6.07 Å². The summed E-state index contributed by atoms with van der Waals surface area (Å²) in [6.45, 7) is -0.166. The molecule has 1 aliphatic rings. The van der Waals surface area contributed by atoms with E-state index in [9.17, 15) is 18.8 Å². The van der Waals surface area contributed by atoms with Gasteiger partial charge in [0.1, 0.15) is 12.4 Å². The molecule has 122 valence electrons. The van der Waals surface area contributed by atoms with Crippen molar-refractivity contribution in [2.24, 2.45) is 0 Å². The fourth-order valence-corrected chi connectivity index (χ4v) is 2.46. The van der Waals surface area contributed by atoms with Gasteiger partial charge in [-0.3, -0.25) is 14.5 Å². The van der Waals surface area contributed by atoms with Crippen molar-refractivity contribution in [3.8, 4) is 0 Å². The van der Waals surface area contributed by atoms with Crippen LogP contribution < -0.4 is 10.2 Å². The number of rotatable bonds is 2. The van der Waals surface area contributed by atoms with E-state index in [1.807, 2.05) is 0 Å². The number of hydrogen-bond acceptors (Lipinski definition) is 4. The third-order valence-electron chi connectivity index (χ3n) is 3.62. The Kier molecular flexibility index (Phi) is 3.99. The first-order valence-corrected chi connectivity index (χ1v) is 7.09. The SMILES string of the molecule is COC(=O)c1ccc2c(c1)NC(=O)CN2C(=O)c1ccc(F)cc1. The van der Waals surface area contributed by atoms with E-state index in [0.717, 1.165) is 0 Å². The summed E-state index contributed by atoms with van der Waals surface area (Å²) in [5.74, 6) is -1.82. The summed E-state index contributed by atoms with van der Waals surface area (Å²) in [5.41, 5.74) is 1.31. The second-order valence-corrected chi connectivity index (χ2v) is 5.17. The van der Waals surface area contributed by atoms with Crippen LogP contribution in [-0.4, -0.2) is 31.4 Å². The monoisotopic (exact) mass is 328 g/mol. The number of ether oxygens (including phenoxy) is 1. The molecule has 2 aromatic rings. The summed E-state index contributed by atoms with van der Waals surface area (Å²) < 4.78 is 17.7. The molecule has 0 saturated carbocycles. The van der Waals surface area contributed by atoms with Gasteiger partial charge in [-0.1, -0.05) is 0 Å². The molecule has 3 rings (SSSR count). The van der Waals surface area contributed by atoms with Crippen LogP contribution in [0.4, 0.5) is 15.8 Å². The van der Waals surface area contributed by atoms with E-state index in [0.29, 0.717) is 11.4 Å². The number of carbonyl (C=O) groups excluding carboxylic acids is 3. The third-order valence-corrected chi connectivity index (χ3v) is 3.62. The molecular formula is C17H13FN2O4. The van der Waals surface area contributed by atoms with Gasteiger partial charge in [-0.15, -0.1) is 0 Å². The number of esters is 1. The lowest BCUT2D eigenvalue weighted by molar-refractivity contribution is -0.115. The van der Waals surface area contributed by atoms with Gasteiger partial charge >= 0.3 is 5.97 Å². The standard InChI is InChI=1S/C17H13FN2O4/c1-24-17(23)11-4-7-14-13(8-11)19-15(21)9-20(14)16(22)10-2-5-12(18)6-3-10/h2-8H,9H2,1H3,(H,19,21). The lowest BCUT2D eigenvalue weighted by atomic mass is 10.1. The largest absolute Gasteiger partial charge is 0.465 e. The Morgan fingerprint density at radius 2 is 1.79 bits per heavy atom. The highest BCUT2D eigenvalue weighted by Gasteiger charge is 2.28. The number of nitrogens with one attached hydrogen (secondary N) is 1. The molecule has 0 bridgehead atoms. The molecule has 1 heterocycles. The Hall–Kier alpha value is -3.22. The number of carbonyl (C=O) groups is 3. The predicted molar refractivity (Wildman–Crippen MR) is 84.5 cm³/mol. The Labute approximate surface area is 136 Å². The van der Waals surface area contributed by atoms with Crippen molar-refractivity contribution in [2.75, 3.05) is 23.9 Å². The van der Waals surface area contributed by atoms with Crippen LogP contribution in [0.15, 0.2) is 42.5 Å². The number of amides is 2. The Bertz CT molecular complexity index is 833. The summed E-state index contributed by atoms with van der Waals surface area (Å²) in [4.78, 5) is 37.4. The van der Waals surface area contributed by atoms with E-state index in [-0.39, 0.29) is 23.6 Å². The van der Waals surface area contributed by atoms with Crippen LogP contribution in [0.3, 0.4) is 0 Å². The van der Waals surface area contributed by atoms with Gasteiger partial charge in [0.25, 0.3) is 5.91 Å². The van der Waals surface area contributed by atoms with Crippen molar-refractivity contribution in [2.45, 2.75) is 0 Å². The fraction of sp³-hybridized carbons (Fsp3) is 0.118. The minimum atomic E-state index is -0.547. The zero-order valence-corrected chi connectivity index (χ0v) is 12.7. The van der Waals surface area contributed by atoms with Crippen LogP contribution in [0.1, 0.15) is 20.7 Å². The van der Waals surface area contributed by atoms with Gasteiger partial charge in [-0.05, 0) is 42.5 Å². The fourth-order valence-electron chi connectivity index (χ4n) is 2.46. The van der Waals surface area contributed by atoms with Gasteiger partial charge in [0.2, 0.25) is 5.91 Å². The molecule has 0 aliphatic carbocycles. The van der Waals surface area contributed by atoms with E-state index in [1.165, 1.54) is 48.4 Å². The Morgan fingerprint density at radius 3 is 2.46 bits per heavy atom. The van der Waals surface area contributed by atoms with Crippen molar-refractivity contribution in [3.63, 3.8) is 0 Å². The zero-order valence-electron chi connectivity index (χ0n) is 12.7. The quantitative estimate of drug-likeness (QED) is 0.858. The molecule has 24 heavy (non-hydrogen) atoms. The van der Waals surface area contributed by atoms with Gasteiger partial charge in [-0.25, -0.2) is 9.18 Å². The smallest absolute Gasteiger partial charge is 0.337 e. The van der Waals surface area contributed by atoms with Crippen molar-refractivity contribution in [1.29, 1.82) is 0 Å². The van der Waals surface area contributed by atoms with Crippen LogP contribution in [0.2, 0.25) is 0 Å². The van der Waals surface area contributed by atoms with E-state index in [4.69, 9.17) is 0 Å². The predicted octanol–water partition coefficient (Wildman–Crippen LogP) is 2.21. The summed E-state index contributed by atoms with van der Waals surface area (Å²) in [6, 6.07) is 9.58. The normalized spacial score (nSPS) is 13.1. The first-order chi connectivity index (χ1) is 11.5. The summed E-state index contributed by atoms with van der Waals surface area (Å²) in [7, 11) is 1.25. The average Bonchev–Trinajstić information content (AvgIpc) is 2.59. The molecule has 2 aromatic carbocycles. The van der Waals surface area contributed by atoms with Gasteiger partial charge in [0.15, 0.2) is 0 Å². The molecule has 2 amide bonds. The van der Waals surface area contributed by atoms with E-state index < -0.39 is 17.7 Å². The number of hydrogen-bond donors (Lipinski definition) is 1. The number of halogens is 1. The lowest BCUT2D eigenvalue weighted by Gasteiger charge is -2.29. The molecular weight excluding hydrogens is 315 g/mol. The van der Waals surface area contributed by atoms with Gasteiger partial charge < -0.3 is 10.1 Å². The maximum absolute atomic E-state index is 13.0. The molecule has 1 N–H and O–H groups in total. The minimum Gasteiger partial charge on any atom is -0.465 e. The molecule has 0 saturated heterocycles. The second kappa shape index (κ2) is 6.11. The molecule has 1 aliphatic heterocycles. The summed E-state index contributed by atoms with van der Waals surface area (Å²) in [5, 5.41) is 2.62. The maximum atomic E-state index is 13.0. The third kappa shape index (κ3) is 2.83. The number of anilines is 2.